The highest BCUT2D eigenvalue weighted by Gasteiger charge is 2.39. The molecule has 2 amide bonds. The molecule has 0 spiro atoms. The first-order valence-corrected chi connectivity index (χ1v) is 7.81. The molecular formula is C17H26ClN3O3. The Morgan fingerprint density at radius 3 is 2.29 bits per heavy atom. The fourth-order valence-corrected chi connectivity index (χ4v) is 2.84. The maximum Gasteiger partial charge on any atom is 0.253 e. The molecule has 1 aliphatic rings. The summed E-state index contributed by atoms with van der Waals surface area (Å²) < 4.78 is 5.28. The quantitative estimate of drug-likeness (QED) is 0.844. The Labute approximate surface area is 149 Å². The van der Waals surface area contributed by atoms with Crippen molar-refractivity contribution in [3.05, 3.63) is 29.8 Å². The average Bonchev–Trinajstić information content (AvgIpc) is 2.56. The van der Waals surface area contributed by atoms with Crippen molar-refractivity contribution in [2.24, 2.45) is 5.41 Å². The van der Waals surface area contributed by atoms with Gasteiger partial charge in [-0.1, -0.05) is 0 Å². The number of carbonyl (C=O) groups excluding carboxylic acids is 2. The predicted octanol–water partition coefficient (Wildman–Crippen LogP) is 1.76. The Morgan fingerprint density at radius 2 is 1.79 bits per heavy atom. The van der Waals surface area contributed by atoms with Crippen LogP contribution in [0.15, 0.2) is 24.3 Å². The third-order valence-corrected chi connectivity index (χ3v) is 4.26. The molecule has 0 aromatic heterocycles. The minimum Gasteiger partial charge on any atom is -0.384 e. The molecule has 0 unspecified atom stereocenters. The van der Waals surface area contributed by atoms with Crippen molar-refractivity contribution in [3.63, 3.8) is 0 Å². The molecule has 1 aromatic carbocycles. The van der Waals surface area contributed by atoms with Crippen molar-refractivity contribution in [3.8, 4) is 0 Å². The van der Waals surface area contributed by atoms with E-state index in [0.717, 1.165) is 25.9 Å². The van der Waals surface area contributed by atoms with Crippen LogP contribution in [0.4, 0.5) is 5.69 Å². The number of hydrogen-bond acceptors (Lipinski definition) is 4. The smallest absolute Gasteiger partial charge is 0.253 e. The summed E-state index contributed by atoms with van der Waals surface area (Å²) >= 11 is 0. The largest absolute Gasteiger partial charge is 0.384 e. The molecule has 0 aliphatic carbocycles. The molecule has 7 heteroatoms. The molecule has 0 atom stereocenters. The van der Waals surface area contributed by atoms with Gasteiger partial charge >= 0.3 is 0 Å². The number of anilines is 1. The average molecular weight is 356 g/mol. The van der Waals surface area contributed by atoms with Crippen LogP contribution in [0.1, 0.15) is 23.2 Å². The van der Waals surface area contributed by atoms with Gasteiger partial charge < -0.3 is 20.3 Å². The van der Waals surface area contributed by atoms with Crippen LogP contribution < -0.4 is 10.6 Å². The van der Waals surface area contributed by atoms with Gasteiger partial charge in [0.15, 0.2) is 0 Å². The zero-order chi connectivity index (χ0) is 16.9. The highest BCUT2D eigenvalue weighted by molar-refractivity contribution is 5.97. The summed E-state index contributed by atoms with van der Waals surface area (Å²) in [5, 5.41) is 6.23. The maximum atomic E-state index is 12.7. The summed E-state index contributed by atoms with van der Waals surface area (Å²) in [6.45, 7) is 2.04. The number of ether oxygens (including phenoxy) is 1. The summed E-state index contributed by atoms with van der Waals surface area (Å²) in [5.74, 6) is -0.0791. The zero-order valence-corrected chi connectivity index (χ0v) is 15.2. The lowest BCUT2D eigenvalue weighted by molar-refractivity contribution is -0.130. The van der Waals surface area contributed by atoms with Crippen LogP contribution in [0.25, 0.3) is 0 Å². The number of rotatable bonds is 5. The van der Waals surface area contributed by atoms with Gasteiger partial charge in [-0.25, -0.2) is 0 Å². The number of benzene rings is 1. The topological polar surface area (TPSA) is 70.7 Å². The summed E-state index contributed by atoms with van der Waals surface area (Å²) in [7, 11) is 5.05. The van der Waals surface area contributed by atoms with E-state index >= 15 is 0 Å². The van der Waals surface area contributed by atoms with Gasteiger partial charge in [-0.3, -0.25) is 9.59 Å². The Balaban J connectivity index is 0.00000288. The molecule has 0 saturated carbocycles. The van der Waals surface area contributed by atoms with E-state index in [-0.39, 0.29) is 24.2 Å². The Hall–Kier alpha value is -1.63. The zero-order valence-electron chi connectivity index (χ0n) is 14.4. The minimum atomic E-state index is -0.488. The Morgan fingerprint density at radius 1 is 1.21 bits per heavy atom. The molecule has 134 valence electrons. The number of halogens is 1. The van der Waals surface area contributed by atoms with Gasteiger partial charge in [-0.15, -0.1) is 12.4 Å². The van der Waals surface area contributed by atoms with E-state index in [1.165, 1.54) is 4.90 Å². The molecule has 2 N–H and O–H groups in total. The molecule has 0 radical (unpaired) electrons. The minimum absolute atomic E-state index is 0. The van der Waals surface area contributed by atoms with Gasteiger partial charge in [-0.2, -0.15) is 0 Å². The fraction of sp³-hybridized carbons (Fsp3) is 0.529. The van der Waals surface area contributed by atoms with Crippen LogP contribution in [0.2, 0.25) is 0 Å². The van der Waals surface area contributed by atoms with E-state index in [0.29, 0.717) is 17.9 Å². The number of carbonyl (C=O) groups is 2. The monoisotopic (exact) mass is 355 g/mol. The first-order chi connectivity index (χ1) is 11.0. The number of hydrogen-bond donors (Lipinski definition) is 2. The second-order valence-corrected chi connectivity index (χ2v) is 6.19. The van der Waals surface area contributed by atoms with Crippen LogP contribution in [-0.2, 0) is 9.53 Å². The lowest BCUT2D eigenvalue weighted by atomic mass is 9.78. The van der Waals surface area contributed by atoms with Crippen LogP contribution >= 0.6 is 12.4 Å². The third-order valence-electron chi connectivity index (χ3n) is 4.26. The van der Waals surface area contributed by atoms with Crippen LogP contribution in [0, 0.1) is 5.41 Å². The van der Waals surface area contributed by atoms with Crippen LogP contribution in [-0.4, -0.2) is 57.6 Å². The molecule has 1 fully saturated rings. The SMILES string of the molecule is COCC1(C(=O)Nc2ccc(C(=O)N(C)C)cc2)CCNCC1.Cl. The number of nitrogens with one attached hydrogen (secondary N) is 2. The second-order valence-electron chi connectivity index (χ2n) is 6.19. The van der Waals surface area contributed by atoms with Crippen molar-refractivity contribution in [1.82, 2.24) is 10.2 Å². The van der Waals surface area contributed by atoms with Crippen LogP contribution in [0.3, 0.4) is 0 Å². The van der Waals surface area contributed by atoms with E-state index < -0.39 is 5.41 Å². The van der Waals surface area contributed by atoms with Gasteiger partial charge in [0.25, 0.3) is 5.91 Å². The maximum absolute atomic E-state index is 12.7. The van der Waals surface area contributed by atoms with Crippen molar-refractivity contribution in [2.75, 3.05) is 46.2 Å². The van der Waals surface area contributed by atoms with Gasteiger partial charge in [0.1, 0.15) is 0 Å². The van der Waals surface area contributed by atoms with E-state index in [1.807, 2.05) is 0 Å². The molecule has 1 heterocycles. The van der Waals surface area contributed by atoms with E-state index in [9.17, 15) is 9.59 Å². The molecule has 6 nitrogen and oxygen atoms in total. The van der Waals surface area contributed by atoms with Crippen LogP contribution in [0.5, 0.6) is 0 Å². The summed E-state index contributed by atoms with van der Waals surface area (Å²) in [5.41, 5.74) is 0.804. The van der Waals surface area contributed by atoms with Gasteiger partial charge in [0, 0.05) is 32.5 Å². The Kier molecular flexibility index (Phi) is 7.66. The second kappa shape index (κ2) is 9.01. The predicted molar refractivity (Wildman–Crippen MR) is 96.7 cm³/mol. The van der Waals surface area contributed by atoms with Gasteiger partial charge in [-0.05, 0) is 50.2 Å². The van der Waals surface area contributed by atoms with Gasteiger partial charge in [0.2, 0.25) is 5.91 Å². The normalized spacial score (nSPS) is 16.0. The lowest BCUT2D eigenvalue weighted by Crippen LogP contribution is -2.47. The first kappa shape index (κ1) is 20.4. The van der Waals surface area contributed by atoms with Crippen molar-refractivity contribution >= 4 is 29.9 Å². The van der Waals surface area contributed by atoms with Gasteiger partial charge in [0.05, 0.1) is 12.0 Å². The molecule has 1 aliphatic heterocycles. The number of nitrogens with zero attached hydrogens (tertiary/aromatic N) is 1. The van der Waals surface area contributed by atoms with E-state index in [2.05, 4.69) is 10.6 Å². The van der Waals surface area contributed by atoms with Crippen molar-refractivity contribution < 1.29 is 14.3 Å². The fourth-order valence-electron chi connectivity index (χ4n) is 2.84. The third kappa shape index (κ3) is 4.69. The summed E-state index contributed by atoms with van der Waals surface area (Å²) in [4.78, 5) is 26.1. The highest BCUT2D eigenvalue weighted by Crippen LogP contribution is 2.31. The standard InChI is InChI=1S/C17H25N3O3.ClH/c1-20(2)15(21)13-4-6-14(7-5-13)19-16(22)17(12-23-3)8-10-18-11-9-17;/h4-7,18H,8-12H2,1-3H3,(H,19,22);1H. The van der Waals surface area contributed by atoms with E-state index in [1.54, 1.807) is 45.5 Å². The summed E-state index contributed by atoms with van der Waals surface area (Å²) in [6, 6.07) is 6.97. The lowest BCUT2D eigenvalue weighted by Gasteiger charge is -2.35. The number of amides is 2. The number of methoxy groups -OCH3 is 1. The molecule has 1 saturated heterocycles. The molecule has 1 aromatic rings. The molecule has 2 rings (SSSR count). The first-order valence-electron chi connectivity index (χ1n) is 7.81. The molecular weight excluding hydrogens is 330 g/mol. The molecule has 24 heavy (non-hydrogen) atoms. The van der Waals surface area contributed by atoms with Crippen molar-refractivity contribution in [2.45, 2.75) is 12.8 Å². The highest BCUT2D eigenvalue weighted by atomic mass is 35.5. The number of piperidine rings is 1. The Bertz CT molecular complexity index is 549. The van der Waals surface area contributed by atoms with Crippen molar-refractivity contribution in [1.29, 1.82) is 0 Å². The molecule has 0 bridgehead atoms. The summed E-state index contributed by atoms with van der Waals surface area (Å²) in [6.07, 6.45) is 1.51. The van der Waals surface area contributed by atoms with E-state index in [4.69, 9.17) is 4.74 Å².